The summed E-state index contributed by atoms with van der Waals surface area (Å²) in [6.07, 6.45) is 3.65. The molecule has 0 aliphatic carbocycles. The summed E-state index contributed by atoms with van der Waals surface area (Å²) in [5.74, 6) is 2.62. The fourth-order valence-corrected chi connectivity index (χ4v) is 11.5. The minimum atomic E-state index is -0.151. The Labute approximate surface area is 511 Å². The number of aryl methyl sites for hydroxylation is 4. The first-order valence-corrected chi connectivity index (χ1v) is 30.9. The maximum atomic E-state index is 11.1. The minimum Gasteiger partial charge on any atom is -0.508 e. The van der Waals surface area contributed by atoms with Crippen LogP contribution in [0.25, 0.3) is 0 Å². The molecule has 0 atom stereocenters. The second kappa shape index (κ2) is 25.2. The summed E-state index contributed by atoms with van der Waals surface area (Å²) in [6.45, 7) is 61.6. The molecular formula is C78H114O6. The van der Waals surface area contributed by atoms with Crippen molar-refractivity contribution in [2.75, 3.05) is 0 Å². The van der Waals surface area contributed by atoms with E-state index in [1.807, 2.05) is 26.0 Å². The third-order valence-electron chi connectivity index (χ3n) is 16.4. The first-order valence-electron chi connectivity index (χ1n) is 30.9. The second-order valence-electron chi connectivity index (χ2n) is 32.8. The Morgan fingerprint density at radius 1 is 0.274 bits per heavy atom. The van der Waals surface area contributed by atoms with Crippen molar-refractivity contribution in [3.8, 4) is 34.5 Å². The quantitative estimate of drug-likeness (QED) is 0.0903. The van der Waals surface area contributed by atoms with Crippen LogP contribution in [0.1, 0.15) is 292 Å². The van der Waals surface area contributed by atoms with Gasteiger partial charge in [-0.15, -0.1) is 0 Å². The lowest BCUT2D eigenvalue weighted by atomic mass is 9.76. The fraction of sp³-hybridized carbons (Fsp3) is 0.538. The first-order chi connectivity index (χ1) is 37.8. The number of rotatable bonds is 8. The summed E-state index contributed by atoms with van der Waals surface area (Å²) in [7, 11) is 0. The normalized spacial score (nSPS) is 12.9. The third kappa shape index (κ3) is 17.4. The largest absolute Gasteiger partial charge is 0.508 e. The van der Waals surface area contributed by atoms with Crippen molar-refractivity contribution in [2.24, 2.45) is 0 Å². The van der Waals surface area contributed by atoms with Crippen LogP contribution in [0.5, 0.6) is 34.5 Å². The van der Waals surface area contributed by atoms with Crippen molar-refractivity contribution in [1.82, 2.24) is 0 Å². The second-order valence-corrected chi connectivity index (χ2v) is 32.8. The van der Waals surface area contributed by atoms with Crippen LogP contribution in [-0.2, 0) is 56.2 Å². The van der Waals surface area contributed by atoms with E-state index in [4.69, 9.17) is 0 Å². The van der Waals surface area contributed by atoms with Crippen LogP contribution in [-0.4, -0.2) is 30.6 Å². The maximum absolute atomic E-state index is 11.1. The Hall–Kier alpha value is -5.88. The lowest BCUT2D eigenvalue weighted by molar-refractivity contribution is 0.422. The van der Waals surface area contributed by atoms with E-state index in [0.717, 1.165) is 92.4 Å². The molecule has 6 aromatic rings. The number of phenols is 6. The molecule has 6 nitrogen and oxygen atoms in total. The van der Waals surface area contributed by atoms with E-state index in [9.17, 15) is 30.6 Å². The molecular weight excluding hydrogens is 1030 g/mol. The van der Waals surface area contributed by atoms with Gasteiger partial charge in [0.15, 0.2) is 0 Å². The van der Waals surface area contributed by atoms with E-state index in [1.165, 1.54) is 33.4 Å². The Bertz CT molecular complexity index is 3000. The Morgan fingerprint density at radius 2 is 0.488 bits per heavy atom. The van der Waals surface area contributed by atoms with Gasteiger partial charge < -0.3 is 30.6 Å². The molecule has 462 valence electrons. The van der Waals surface area contributed by atoms with Gasteiger partial charge in [-0.2, -0.15) is 0 Å². The van der Waals surface area contributed by atoms with Gasteiger partial charge in [0, 0.05) is 5.92 Å². The smallest absolute Gasteiger partial charge is 0.123 e. The highest BCUT2D eigenvalue weighted by Gasteiger charge is 2.31. The van der Waals surface area contributed by atoms with Crippen LogP contribution in [0, 0.1) is 27.7 Å². The molecule has 84 heavy (non-hydrogen) atoms. The molecule has 0 aliphatic heterocycles. The van der Waals surface area contributed by atoms with Crippen LogP contribution in [0.2, 0.25) is 0 Å². The van der Waals surface area contributed by atoms with Crippen LogP contribution in [0.3, 0.4) is 0 Å². The molecule has 0 saturated heterocycles. The van der Waals surface area contributed by atoms with Crippen molar-refractivity contribution >= 4 is 0 Å². The first kappa shape index (κ1) is 70.6. The zero-order valence-corrected chi connectivity index (χ0v) is 58.0. The summed E-state index contributed by atoms with van der Waals surface area (Å²) < 4.78 is 0. The summed E-state index contributed by atoms with van der Waals surface area (Å²) in [4.78, 5) is 0. The van der Waals surface area contributed by atoms with Gasteiger partial charge in [-0.05, 0) is 203 Å². The Morgan fingerprint density at radius 3 is 0.702 bits per heavy atom. The van der Waals surface area contributed by atoms with Gasteiger partial charge in [0.1, 0.15) is 34.5 Å². The average Bonchev–Trinajstić information content (AvgIpc) is 1.57. The Balaban J connectivity index is 0.000000272. The Kier molecular flexibility index (Phi) is 21.2. The number of phenolic OH excluding ortho intramolecular Hbond substituents is 6. The lowest BCUT2D eigenvalue weighted by Gasteiger charge is -2.29. The molecule has 0 radical (unpaired) electrons. The molecule has 6 heteroatoms. The monoisotopic (exact) mass is 1150 g/mol. The molecule has 0 amide bonds. The minimum absolute atomic E-state index is 0.105. The van der Waals surface area contributed by atoms with Crippen LogP contribution < -0.4 is 0 Å². The maximum Gasteiger partial charge on any atom is 0.123 e. The van der Waals surface area contributed by atoms with E-state index < -0.39 is 0 Å². The van der Waals surface area contributed by atoms with Crippen molar-refractivity contribution in [3.63, 3.8) is 0 Å². The van der Waals surface area contributed by atoms with Crippen LogP contribution >= 0.6 is 0 Å². The van der Waals surface area contributed by atoms with Crippen molar-refractivity contribution < 1.29 is 30.6 Å². The lowest BCUT2D eigenvalue weighted by Crippen LogP contribution is -2.19. The summed E-state index contributed by atoms with van der Waals surface area (Å²) in [6, 6.07) is 25.2. The molecule has 0 unspecified atom stereocenters. The van der Waals surface area contributed by atoms with Crippen LogP contribution in [0.4, 0.5) is 0 Å². The highest BCUT2D eigenvalue weighted by Crippen LogP contribution is 2.46. The molecule has 0 aromatic heterocycles. The average molecular weight is 1150 g/mol. The molecule has 0 bridgehead atoms. The van der Waals surface area contributed by atoms with E-state index in [2.05, 4.69) is 248 Å². The molecule has 0 saturated carbocycles. The molecule has 6 rings (SSSR count). The van der Waals surface area contributed by atoms with Crippen LogP contribution in [0.15, 0.2) is 72.8 Å². The van der Waals surface area contributed by atoms with Crippen molar-refractivity contribution in [3.05, 3.63) is 173 Å². The summed E-state index contributed by atoms with van der Waals surface area (Å²) in [5, 5.41) is 64.0. The van der Waals surface area contributed by atoms with E-state index in [1.54, 1.807) is 0 Å². The fourth-order valence-electron chi connectivity index (χ4n) is 11.5. The molecule has 0 spiro atoms. The topological polar surface area (TPSA) is 121 Å². The number of hydrogen-bond acceptors (Lipinski definition) is 6. The zero-order chi connectivity index (χ0) is 64.7. The third-order valence-corrected chi connectivity index (χ3v) is 16.4. The molecule has 0 fully saturated rings. The van der Waals surface area contributed by atoms with E-state index in [-0.39, 0.29) is 49.2 Å². The molecule has 6 N–H and O–H groups in total. The number of aromatic hydroxyl groups is 6. The molecule has 6 aromatic carbocycles. The van der Waals surface area contributed by atoms with Crippen molar-refractivity contribution in [2.45, 2.75) is 276 Å². The van der Waals surface area contributed by atoms with Gasteiger partial charge >= 0.3 is 0 Å². The summed E-state index contributed by atoms with van der Waals surface area (Å²) in [5.41, 5.74) is 18.2. The SMILES string of the molecule is CC(C)(C)c1cc(Cc2cc(C(C)(C)C)c(O)c(C(C)(C)C)c2)cc(C(C)(C)C)c1O.CCCC(c1cc(C(C)(C)C)c(O)cc1C)c1cc(C(C)(C)C)c(O)cc1C.Cc1cc(Cc2cc(C)c(O)c(C(C)(C)C)c2)cc(C(C)(C)C)c1O. The predicted octanol–water partition coefficient (Wildman–Crippen LogP) is 21.0. The van der Waals surface area contributed by atoms with Gasteiger partial charge in [-0.1, -0.05) is 240 Å². The molecule has 0 heterocycles. The summed E-state index contributed by atoms with van der Waals surface area (Å²) >= 11 is 0. The van der Waals surface area contributed by atoms with Gasteiger partial charge in [0.25, 0.3) is 0 Å². The highest BCUT2D eigenvalue weighted by atomic mass is 16.3. The number of benzene rings is 6. The highest BCUT2D eigenvalue weighted by molar-refractivity contribution is 5.56. The van der Waals surface area contributed by atoms with E-state index in [0.29, 0.717) is 34.5 Å². The van der Waals surface area contributed by atoms with Gasteiger partial charge in [0.05, 0.1) is 0 Å². The zero-order valence-electron chi connectivity index (χ0n) is 58.0. The van der Waals surface area contributed by atoms with Crippen molar-refractivity contribution in [1.29, 1.82) is 0 Å². The predicted molar refractivity (Wildman–Crippen MR) is 360 cm³/mol. The van der Waals surface area contributed by atoms with Gasteiger partial charge in [-0.3, -0.25) is 0 Å². The standard InChI is InChI=1S/C29H44O2.C26H38O2.C23H32O2/c1-26(2,3)20-14-18(15-21(24(20)30)27(4,5)6)13-19-16-22(28(7,8)9)25(31)23(17-19)29(10,11)12;1-10-11-18(19-14-21(25(4,5)6)23(27)12-16(19)2)20-15-22(26(7,8)9)24(28)13-17(20)3;1-14-9-16(12-18(20(14)24)22(3,4)5)11-17-10-15(2)21(25)19(13-17)23(6,7)8/h14-17,30-31H,13H2,1-12H3;12-15,18,27-28H,10-11H2,1-9H3;9-10,12-13,24-25H,11H2,1-8H3. The number of hydrogen-bond donors (Lipinski definition) is 6. The molecule has 0 aliphatic rings. The van der Waals surface area contributed by atoms with Gasteiger partial charge in [-0.25, -0.2) is 0 Å². The van der Waals surface area contributed by atoms with Gasteiger partial charge in [0.2, 0.25) is 0 Å². The van der Waals surface area contributed by atoms with E-state index >= 15 is 0 Å².